The molecule has 0 radical (unpaired) electrons. The molecule has 4 aromatic rings. The van der Waals surface area contributed by atoms with Gasteiger partial charge in [-0.05, 0) is 61.2 Å². The van der Waals surface area contributed by atoms with E-state index in [4.69, 9.17) is 37.4 Å². The molecule has 244 valence electrons. The van der Waals surface area contributed by atoms with Crippen LogP contribution in [0.15, 0.2) is 67.0 Å². The molecule has 0 saturated carbocycles. The molecule has 2 aliphatic rings. The lowest BCUT2D eigenvalue weighted by Crippen LogP contribution is -2.56. The molecule has 3 aromatic carbocycles. The molecule has 0 bridgehead atoms. The molecule has 0 unspecified atom stereocenters. The van der Waals surface area contributed by atoms with Gasteiger partial charge in [0.25, 0.3) is 5.92 Å². The van der Waals surface area contributed by atoms with Crippen LogP contribution in [0.4, 0.5) is 8.78 Å². The van der Waals surface area contributed by atoms with Gasteiger partial charge in [-0.1, -0.05) is 53.5 Å². The number of nitrogens with zero attached hydrogens (tertiary/aromatic N) is 3. The van der Waals surface area contributed by atoms with Crippen LogP contribution >= 0.6 is 23.2 Å². The van der Waals surface area contributed by atoms with Gasteiger partial charge in [-0.3, -0.25) is 9.88 Å². The number of likely N-dealkylation sites (tertiary alicyclic amines) is 1. The van der Waals surface area contributed by atoms with Crippen LogP contribution in [0.3, 0.4) is 0 Å². The third-order valence-corrected chi connectivity index (χ3v) is 9.01. The van der Waals surface area contributed by atoms with Gasteiger partial charge < -0.3 is 19.5 Å². The molecule has 0 amide bonds. The molecule has 1 atom stereocenters. The standard InChI is InChI=1S/C36H34Cl2F2N4O3/c1-42-19-25-14-30(37)34(15-33(25)46-20-24-13-23(16-41)17-43-18-24)47-31-10-9-27-26(5-2-6-28(27)31)29-7-3-8-32(35(29)38)45-12-4-11-44-21-36(39,40)22-44/h2-3,5-8,13-15,17-18,31,42H,4,9-12,19-22H2,1H3/t31-/m0/s1. The van der Waals surface area contributed by atoms with Gasteiger partial charge in [0.2, 0.25) is 0 Å². The highest BCUT2D eigenvalue weighted by Crippen LogP contribution is 2.45. The van der Waals surface area contributed by atoms with E-state index in [2.05, 4.69) is 28.5 Å². The quantitative estimate of drug-likeness (QED) is 0.144. The number of alkyl halides is 2. The predicted molar refractivity (Wildman–Crippen MR) is 178 cm³/mol. The first-order valence-electron chi connectivity index (χ1n) is 15.5. The molecule has 2 heterocycles. The molecule has 1 fully saturated rings. The first kappa shape index (κ1) is 33.0. The summed E-state index contributed by atoms with van der Waals surface area (Å²) in [5, 5.41) is 13.4. The second-order valence-corrected chi connectivity index (χ2v) is 12.6. The Morgan fingerprint density at radius 2 is 1.83 bits per heavy atom. The van der Waals surface area contributed by atoms with Gasteiger partial charge in [0.1, 0.15) is 36.0 Å². The monoisotopic (exact) mass is 678 g/mol. The minimum Gasteiger partial charge on any atom is -0.492 e. The number of ether oxygens (including phenoxy) is 3. The molecule has 11 heteroatoms. The summed E-state index contributed by atoms with van der Waals surface area (Å²) in [7, 11) is 1.85. The van der Waals surface area contributed by atoms with E-state index in [1.807, 2.05) is 43.4 Å². The molecule has 7 nitrogen and oxygen atoms in total. The summed E-state index contributed by atoms with van der Waals surface area (Å²) >= 11 is 13.6. The lowest BCUT2D eigenvalue weighted by Gasteiger charge is -2.38. The fraction of sp³-hybridized carbons (Fsp3) is 0.333. The summed E-state index contributed by atoms with van der Waals surface area (Å²) in [6.45, 7) is 1.35. The Morgan fingerprint density at radius 1 is 1.02 bits per heavy atom. The number of benzene rings is 3. The molecule has 1 aromatic heterocycles. The Morgan fingerprint density at radius 3 is 2.62 bits per heavy atom. The Balaban J connectivity index is 1.17. The van der Waals surface area contributed by atoms with E-state index >= 15 is 0 Å². The molecule has 1 aliphatic carbocycles. The Hall–Kier alpha value is -3.94. The van der Waals surface area contributed by atoms with E-state index in [0.717, 1.165) is 46.2 Å². The summed E-state index contributed by atoms with van der Waals surface area (Å²) < 4.78 is 44.9. The minimum atomic E-state index is -2.56. The lowest BCUT2D eigenvalue weighted by molar-refractivity contribution is -0.130. The van der Waals surface area contributed by atoms with E-state index in [0.29, 0.717) is 59.0 Å². The van der Waals surface area contributed by atoms with Crippen LogP contribution in [0.2, 0.25) is 10.0 Å². The zero-order valence-electron chi connectivity index (χ0n) is 25.9. The fourth-order valence-electron chi connectivity index (χ4n) is 6.13. The van der Waals surface area contributed by atoms with Crippen molar-refractivity contribution in [1.29, 1.82) is 5.26 Å². The van der Waals surface area contributed by atoms with Crippen molar-refractivity contribution in [2.45, 2.75) is 44.4 Å². The maximum absolute atomic E-state index is 13.1. The van der Waals surface area contributed by atoms with Gasteiger partial charge >= 0.3 is 0 Å². The number of hydrogen-bond acceptors (Lipinski definition) is 7. The largest absolute Gasteiger partial charge is 0.492 e. The Kier molecular flexibility index (Phi) is 10.1. The minimum absolute atomic E-state index is 0.188. The molecular weight excluding hydrogens is 645 g/mol. The van der Waals surface area contributed by atoms with Crippen LogP contribution in [-0.4, -0.2) is 49.1 Å². The van der Waals surface area contributed by atoms with E-state index < -0.39 is 5.92 Å². The normalized spacial score (nSPS) is 16.6. The second-order valence-electron chi connectivity index (χ2n) is 11.8. The molecule has 1 aliphatic heterocycles. The molecule has 1 saturated heterocycles. The number of nitrogens with one attached hydrogen (secondary N) is 1. The summed E-state index contributed by atoms with van der Waals surface area (Å²) in [5.41, 5.74) is 6.22. The maximum Gasteiger partial charge on any atom is 0.272 e. The first-order valence-corrected chi connectivity index (χ1v) is 16.2. The molecular formula is C36H34Cl2F2N4O3. The molecule has 0 spiro atoms. The maximum atomic E-state index is 13.1. The predicted octanol–water partition coefficient (Wildman–Crippen LogP) is 8.01. The van der Waals surface area contributed by atoms with E-state index in [1.54, 1.807) is 17.2 Å². The number of halogens is 4. The lowest BCUT2D eigenvalue weighted by atomic mass is 9.96. The number of nitriles is 1. The first-order chi connectivity index (χ1) is 22.7. The highest BCUT2D eigenvalue weighted by atomic mass is 35.5. The zero-order chi connectivity index (χ0) is 33.0. The number of pyridine rings is 1. The number of fused-ring (bicyclic) bond motifs is 1. The average Bonchev–Trinajstić information content (AvgIpc) is 3.46. The van der Waals surface area contributed by atoms with Crippen LogP contribution in [0.25, 0.3) is 11.1 Å². The zero-order valence-corrected chi connectivity index (χ0v) is 27.4. The highest BCUT2D eigenvalue weighted by molar-refractivity contribution is 6.35. The molecule has 1 N–H and O–H groups in total. The Bertz CT molecular complexity index is 1790. The van der Waals surface area contributed by atoms with Gasteiger partial charge in [0.15, 0.2) is 0 Å². The number of rotatable bonds is 13. The molecule has 6 rings (SSSR count). The van der Waals surface area contributed by atoms with Crippen molar-refractivity contribution >= 4 is 23.2 Å². The molecule has 47 heavy (non-hydrogen) atoms. The second kappa shape index (κ2) is 14.4. The number of aromatic nitrogens is 1. The van der Waals surface area contributed by atoms with Crippen molar-refractivity contribution in [3.05, 3.63) is 105 Å². The summed E-state index contributed by atoms with van der Waals surface area (Å²) in [4.78, 5) is 5.84. The van der Waals surface area contributed by atoms with Gasteiger partial charge in [0.05, 0.1) is 35.3 Å². The van der Waals surface area contributed by atoms with E-state index in [1.165, 1.54) is 6.20 Å². The smallest absolute Gasteiger partial charge is 0.272 e. The topological polar surface area (TPSA) is 79.6 Å². The third kappa shape index (κ3) is 7.63. The van der Waals surface area contributed by atoms with Crippen molar-refractivity contribution in [2.24, 2.45) is 0 Å². The van der Waals surface area contributed by atoms with Crippen molar-refractivity contribution in [3.63, 3.8) is 0 Å². The van der Waals surface area contributed by atoms with Crippen LogP contribution in [-0.2, 0) is 19.6 Å². The van der Waals surface area contributed by atoms with Gasteiger partial charge in [-0.2, -0.15) is 5.26 Å². The van der Waals surface area contributed by atoms with Gasteiger partial charge in [0, 0.05) is 48.2 Å². The number of hydrogen-bond donors (Lipinski definition) is 1. The van der Waals surface area contributed by atoms with Crippen molar-refractivity contribution in [2.75, 3.05) is 33.3 Å². The highest BCUT2D eigenvalue weighted by Gasteiger charge is 2.43. The van der Waals surface area contributed by atoms with Crippen LogP contribution < -0.4 is 19.5 Å². The van der Waals surface area contributed by atoms with Crippen molar-refractivity contribution < 1.29 is 23.0 Å². The Labute approximate surface area is 283 Å². The van der Waals surface area contributed by atoms with E-state index in [9.17, 15) is 14.0 Å². The van der Waals surface area contributed by atoms with Crippen molar-refractivity contribution in [1.82, 2.24) is 15.2 Å². The summed E-state index contributed by atoms with van der Waals surface area (Å²) in [6, 6.07) is 19.4. The SMILES string of the molecule is CNCc1cc(Cl)c(O[C@H]2CCc3c(-c4cccc(OCCCN5CC(F)(F)C5)c4Cl)cccc32)cc1OCc1cncc(C#N)c1. The van der Waals surface area contributed by atoms with Crippen LogP contribution in [0.5, 0.6) is 17.2 Å². The van der Waals surface area contributed by atoms with Gasteiger partial charge in [-0.15, -0.1) is 0 Å². The van der Waals surface area contributed by atoms with Crippen LogP contribution in [0, 0.1) is 11.3 Å². The average molecular weight is 680 g/mol. The third-order valence-electron chi connectivity index (χ3n) is 8.33. The van der Waals surface area contributed by atoms with Crippen molar-refractivity contribution in [3.8, 4) is 34.4 Å². The van der Waals surface area contributed by atoms with Crippen LogP contribution in [0.1, 0.15) is 46.8 Å². The van der Waals surface area contributed by atoms with Gasteiger partial charge in [-0.25, -0.2) is 8.78 Å². The summed E-state index contributed by atoms with van der Waals surface area (Å²) in [5.74, 6) is -0.856. The van der Waals surface area contributed by atoms with E-state index in [-0.39, 0.29) is 25.8 Å². The summed E-state index contributed by atoms with van der Waals surface area (Å²) in [6.07, 6.45) is 5.14. The fourth-order valence-corrected chi connectivity index (χ4v) is 6.64.